The lowest BCUT2D eigenvalue weighted by molar-refractivity contribution is 0.0420. The summed E-state index contributed by atoms with van der Waals surface area (Å²) < 4.78 is 16.5. The number of halogens is 1. The van der Waals surface area contributed by atoms with Crippen LogP contribution in [0.3, 0.4) is 0 Å². The van der Waals surface area contributed by atoms with Gasteiger partial charge in [0.05, 0.1) is 19.3 Å². The SMILES string of the molecule is CCCOc1ccc(CNC(=NC)NCCCOC2CCOC2)cn1.I. The Balaban J connectivity index is 0.00000338. The first kappa shape index (κ1) is 22.9. The normalized spacial score (nSPS) is 16.8. The summed E-state index contributed by atoms with van der Waals surface area (Å²) >= 11 is 0. The molecule has 1 aliphatic rings. The second kappa shape index (κ2) is 14.0. The zero-order valence-electron chi connectivity index (χ0n) is 15.7. The monoisotopic (exact) mass is 478 g/mol. The Morgan fingerprint density at radius 3 is 2.88 bits per heavy atom. The molecule has 1 unspecified atom stereocenters. The average Bonchev–Trinajstić information content (AvgIpc) is 3.16. The standard InChI is InChI=1S/C18H30N4O3.HI/c1-3-9-25-17-6-5-15(12-21-17)13-22-18(19-2)20-8-4-10-24-16-7-11-23-14-16;/h5-6,12,16H,3-4,7-11,13-14H2,1-2H3,(H2,19,20,22);1H. The summed E-state index contributed by atoms with van der Waals surface area (Å²) in [6.45, 7) is 6.53. The third-order valence-electron chi connectivity index (χ3n) is 3.79. The van der Waals surface area contributed by atoms with Crippen molar-refractivity contribution in [2.45, 2.75) is 38.8 Å². The summed E-state index contributed by atoms with van der Waals surface area (Å²) in [6, 6.07) is 3.91. The summed E-state index contributed by atoms with van der Waals surface area (Å²) in [5.74, 6) is 1.44. The van der Waals surface area contributed by atoms with E-state index in [0.717, 1.165) is 57.2 Å². The first-order valence-electron chi connectivity index (χ1n) is 9.03. The second-order valence-corrected chi connectivity index (χ2v) is 5.92. The highest BCUT2D eigenvalue weighted by molar-refractivity contribution is 14.0. The minimum atomic E-state index is 0. The number of rotatable bonds is 10. The molecule has 1 atom stereocenters. The Morgan fingerprint density at radius 2 is 2.23 bits per heavy atom. The van der Waals surface area contributed by atoms with Gasteiger partial charge in [-0.1, -0.05) is 13.0 Å². The van der Waals surface area contributed by atoms with Crippen molar-refractivity contribution in [1.29, 1.82) is 0 Å². The molecule has 2 N–H and O–H groups in total. The topological polar surface area (TPSA) is 77.0 Å². The summed E-state index contributed by atoms with van der Waals surface area (Å²) in [6.07, 6.45) is 5.01. The van der Waals surface area contributed by atoms with E-state index in [2.05, 4.69) is 27.5 Å². The van der Waals surface area contributed by atoms with Crippen molar-refractivity contribution in [3.05, 3.63) is 23.9 Å². The van der Waals surface area contributed by atoms with Crippen LogP contribution >= 0.6 is 24.0 Å². The Morgan fingerprint density at radius 1 is 1.35 bits per heavy atom. The number of nitrogens with one attached hydrogen (secondary N) is 2. The molecule has 0 amide bonds. The lowest BCUT2D eigenvalue weighted by Gasteiger charge is -2.13. The molecule has 0 aliphatic carbocycles. The van der Waals surface area contributed by atoms with Crippen LogP contribution in [-0.2, 0) is 16.0 Å². The van der Waals surface area contributed by atoms with Gasteiger partial charge >= 0.3 is 0 Å². The van der Waals surface area contributed by atoms with Gasteiger partial charge < -0.3 is 24.8 Å². The van der Waals surface area contributed by atoms with Gasteiger partial charge in [-0.2, -0.15) is 0 Å². The molecule has 2 rings (SSSR count). The third kappa shape index (κ3) is 9.00. The van der Waals surface area contributed by atoms with Crippen LogP contribution in [0.5, 0.6) is 5.88 Å². The molecule has 7 nitrogen and oxygen atoms in total. The van der Waals surface area contributed by atoms with Crippen LogP contribution < -0.4 is 15.4 Å². The minimum Gasteiger partial charge on any atom is -0.478 e. The number of hydrogen-bond donors (Lipinski definition) is 2. The van der Waals surface area contributed by atoms with Crippen molar-refractivity contribution >= 4 is 29.9 Å². The van der Waals surface area contributed by atoms with Crippen LogP contribution in [0.25, 0.3) is 0 Å². The van der Waals surface area contributed by atoms with E-state index in [1.54, 1.807) is 7.05 Å². The van der Waals surface area contributed by atoms with Crippen molar-refractivity contribution < 1.29 is 14.2 Å². The van der Waals surface area contributed by atoms with Gasteiger partial charge in [0.15, 0.2) is 5.96 Å². The molecule has 26 heavy (non-hydrogen) atoms. The Kier molecular flexibility index (Phi) is 12.3. The third-order valence-corrected chi connectivity index (χ3v) is 3.79. The van der Waals surface area contributed by atoms with Gasteiger partial charge in [-0.15, -0.1) is 24.0 Å². The minimum absolute atomic E-state index is 0. The fourth-order valence-corrected chi connectivity index (χ4v) is 2.39. The second-order valence-electron chi connectivity index (χ2n) is 5.92. The van der Waals surface area contributed by atoms with E-state index in [-0.39, 0.29) is 30.1 Å². The highest BCUT2D eigenvalue weighted by Gasteiger charge is 2.15. The predicted octanol–water partition coefficient (Wildman–Crippen LogP) is 2.35. The molecule has 0 spiro atoms. The van der Waals surface area contributed by atoms with E-state index in [1.807, 2.05) is 18.3 Å². The number of nitrogens with zero attached hydrogens (tertiary/aromatic N) is 2. The molecule has 1 aliphatic heterocycles. The van der Waals surface area contributed by atoms with Crippen LogP contribution in [0.2, 0.25) is 0 Å². The highest BCUT2D eigenvalue weighted by Crippen LogP contribution is 2.08. The van der Waals surface area contributed by atoms with Gasteiger partial charge in [-0.25, -0.2) is 4.98 Å². The summed E-state index contributed by atoms with van der Waals surface area (Å²) in [5, 5.41) is 6.56. The van der Waals surface area contributed by atoms with Gasteiger partial charge in [0.2, 0.25) is 5.88 Å². The fraction of sp³-hybridized carbons (Fsp3) is 0.667. The van der Waals surface area contributed by atoms with Gasteiger partial charge in [0.1, 0.15) is 0 Å². The maximum atomic E-state index is 5.74. The molecule has 1 aromatic rings. The van der Waals surface area contributed by atoms with Crippen molar-refractivity contribution in [1.82, 2.24) is 15.6 Å². The summed E-state index contributed by atoms with van der Waals surface area (Å²) in [7, 11) is 1.77. The molecule has 0 saturated carbocycles. The first-order valence-corrected chi connectivity index (χ1v) is 9.03. The van der Waals surface area contributed by atoms with Crippen molar-refractivity contribution in [2.75, 3.05) is 40.0 Å². The predicted molar refractivity (Wildman–Crippen MR) is 113 cm³/mol. The van der Waals surface area contributed by atoms with Crippen LogP contribution in [0.4, 0.5) is 0 Å². The van der Waals surface area contributed by atoms with E-state index in [9.17, 15) is 0 Å². The molecule has 1 saturated heterocycles. The van der Waals surface area contributed by atoms with Gasteiger partial charge in [-0.05, 0) is 24.8 Å². The lowest BCUT2D eigenvalue weighted by Crippen LogP contribution is -2.37. The highest BCUT2D eigenvalue weighted by atomic mass is 127. The number of aromatic nitrogens is 1. The van der Waals surface area contributed by atoms with Gasteiger partial charge in [0.25, 0.3) is 0 Å². The molecular weight excluding hydrogens is 447 g/mol. The van der Waals surface area contributed by atoms with Crippen molar-refractivity contribution in [3.8, 4) is 5.88 Å². The molecule has 2 heterocycles. The van der Waals surface area contributed by atoms with Crippen LogP contribution in [0, 0.1) is 0 Å². The number of hydrogen-bond acceptors (Lipinski definition) is 5. The Bertz CT molecular complexity index is 508. The van der Waals surface area contributed by atoms with E-state index in [1.165, 1.54) is 0 Å². The fourth-order valence-electron chi connectivity index (χ4n) is 2.39. The number of guanidine groups is 1. The van der Waals surface area contributed by atoms with Crippen LogP contribution in [0.15, 0.2) is 23.3 Å². The van der Waals surface area contributed by atoms with Gasteiger partial charge in [0, 0.05) is 45.6 Å². The quantitative estimate of drug-likeness (QED) is 0.233. The van der Waals surface area contributed by atoms with E-state index in [0.29, 0.717) is 19.0 Å². The lowest BCUT2D eigenvalue weighted by atomic mass is 10.3. The zero-order valence-corrected chi connectivity index (χ0v) is 18.0. The Labute approximate surface area is 173 Å². The zero-order chi connectivity index (χ0) is 17.7. The van der Waals surface area contributed by atoms with Gasteiger partial charge in [-0.3, -0.25) is 4.99 Å². The number of pyridine rings is 1. The Hall–Kier alpha value is -1.13. The van der Waals surface area contributed by atoms with E-state index >= 15 is 0 Å². The number of ether oxygens (including phenoxy) is 3. The van der Waals surface area contributed by atoms with Crippen molar-refractivity contribution in [2.24, 2.45) is 4.99 Å². The molecule has 0 radical (unpaired) electrons. The first-order chi connectivity index (χ1) is 12.3. The maximum Gasteiger partial charge on any atom is 0.213 e. The maximum absolute atomic E-state index is 5.74. The number of aliphatic imine (C=N–C) groups is 1. The molecule has 8 heteroatoms. The molecule has 1 aromatic heterocycles. The smallest absolute Gasteiger partial charge is 0.213 e. The molecule has 0 bridgehead atoms. The molecule has 0 aromatic carbocycles. The van der Waals surface area contributed by atoms with E-state index < -0.39 is 0 Å². The molecular formula is C18H31IN4O3. The molecule has 148 valence electrons. The molecule has 1 fully saturated rings. The van der Waals surface area contributed by atoms with E-state index in [4.69, 9.17) is 14.2 Å². The summed E-state index contributed by atoms with van der Waals surface area (Å²) in [4.78, 5) is 8.52. The van der Waals surface area contributed by atoms with Crippen LogP contribution in [-0.4, -0.2) is 57.1 Å². The summed E-state index contributed by atoms with van der Waals surface area (Å²) in [5.41, 5.74) is 1.08. The average molecular weight is 478 g/mol. The largest absolute Gasteiger partial charge is 0.478 e. The van der Waals surface area contributed by atoms with Crippen molar-refractivity contribution in [3.63, 3.8) is 0 Å². The van der Waals surface area contributed by atoms with Crippen LogP contribution in [0.1, 0.15) is 31.7 Å².